The van der Waals surface area contributed by atoms with E-state index in [0.29, 0.717) is 15.8 Å². The van der Waals surface area contributed by atoms with E-state index in [1.807, 2.05) is 0 Å². The van der Waals surface area contributed by atoms with Gasteiger partial charge in [0.15, 0.2) is 0 Å². The van der Waals surface area contributed by atoms with Crippen LogP contribution >= 0.6 is 23.2 Å². The minimum Gasteiger partial charge on any atom is -0.467 e. The van der Waals surface area contributed by atoms with E-state index in [2.05, 4.69) is 15.0 Å². The van der Waals surface area contributed by atoms with E-state index in [1.165, 1.54) is 7.11 Å². The third-order valence-corrected chi connectivity index (χ3v) is 2.28. The third-order valence-electron chi connectivity index (χ3n) is 1.84. The van der Waals surface area contributed by atoms with Crippen LogP contribution in [0.25, 0.3) is 0 Å². The van der Waals surface area contributed by atoms with Gasteiger partial charge in [0, 0.05) is 10.0 Å². The lowest BCUT2D eigenvalue weighted by atomic mass is 10.3. The monoisotopic (exact) mass is 286 g/mol. The molecule has 18 heavy (non-hydrogen) atoms. The first kappa shape index (κ1) is 12.7. The highest BCUT2D eigenvalue weighted by Crippen LogP contribution is 2.27. The molecule has 0 atom stereocenters. The highest BCUT2D eigenvalue weighted by Gasteiger charge is 2.08. The van der Waals surface area contributed by atoms with Gasteiger partial charge in [-0.05, 0) is 18.2 Å². The summed E-state index contributed by atoms with van der Waals surface area (Å²) in [6.07, 6.45) is 0. The molecule has 0 fully saturated rings. The molecule has 8 heteroatoms. The van der Waals surface area contributed by atoms with Gasteiger partial charge in [-0.25, -0.2) is 0 Å². The maximum atomic E-state index is 5.84. The summed E-state index contributed by atoms with van der Waals surface area (Å²) in [6.45, 7) is 0. The van der Waals surface area contributed by atoms with Crippen LogP contribution in [0.1, 0.15) is 0 Å². The smallest absolute Gasteiger partial charge is 0.330 e. The Morgan fingerprint density at radius 3 is 2.22 bits per heavy atom. The van der Waals surface area contributed by atoms with Gasteiger partial charge in [-0.2, -0.15) is 9.97 Å². The maximum absolute atomic E-state index is 5.84. The molecule has 6 nitrogen and oxygen atoms in total. The highest BCUT2D eigenvalue weighted by molar-refractivity contribution is 6.34. The number of nitrogen functional groups attached to an aromatic ring is 1. The van der Waals surface area contributed by atoms with Crippen LogP contribution in [-0.2, 0) is 0 Å². The SMILES string of the molecule is COc1nc(N)nc(Oc2cc(Cl)cc(Cl)c2)n1. The molecular weight excluding hydrogens is 279 g/mol. The first-order valence-corrected chi connectivity index (χ1v) is 5.52. The van der Waals surface area contributed by atoms with Gasteiger partial charge in [-0.1, -0.05) is 23.2 Å². The van der Waals surface area contributed by atoms with Crippen molar-refractivity contribution < 1.29 is 9.47 Å². The number of benzene rings is 1. The number of anilines is 1. The van der Waals surface area contributed by atoms with E-state index >= 15 is 0 Å². The summed E-state index contributed by atoms with van der Waals surface area (Å²) in [4.78, 5) is 11.4. The summed E-state index contributed by atoms with van der Waals surface area (Å²) in [5, 5.41) is 0.873. The van der Waals surface area contributed by atoms with E-state index in [-0.39, 0.29) is 18.0 Å². The molecule has 0 aliphatic heterocycles. The molecule has 0 saturated heterocycles. The maximum Gasteiger partial charge on any atom is 0.330 e. The van der Waals surface area contributed by atoms with Crippen molar-refractivity contribution in [1.29, 1.82) is 0 Å². The summed E-state index contributed by atoms with van der Waals surface area (Å²) in [5.74, 6) is 0.380. The number of aromatic nitrogens is 3. The summed E-state index contributed by atoms with van der Waals surface area (Å²) in [5.41, 5.74) is 5.47. The van der Waals surface area contributed by atoms with Gasteiger partial charge in [-0.3, -0.25) is 0 Å². The van der Waals surface area contributed by atoms with Crippen molar-refractivity contribution in [2.24, 2.45) is 0 Å². The Morgan fingerprint density at radius 1 is 1.00 bits per heavy atom. The fraction of sp³-hybridized carbons (Fsp3) is 0.100. The topological polar surface area (TPSA) is 83.2 Å². The lowest BCUT2D eigenvalue weighted by Gasteiger charge is -2.06. The van der Waals surface area contributed by atoms with Crippen LogP contribution < -0.4 is 15.2 Å². The van der Waals surface area contributed by atoms with Crippen molar-refractivity contribution in [3.63, 3.8) is 0 Å². The van der Waals surface area contributed by atoms with Gasteiger partial charge in [0.1, 0.15) is 5.75 Å². The lowest BCUT2D eigenvalue weighted by Crippen LogP contribution is -2.02. The molecule has 0 spiro atoms. The Kier molecular flexibility index (Phi) is 3.69. The molecule has 1 heterocycles. The number of ether oxygens (including phenoxy) is 2. The number of nitrogens with zero attached hydrogens (tertiary/aromatic N) is 3. The molecule has 0 amide bonds. The molecular formula is C10H8Cl2N4O2. The molecule has 2 aromatic rings. The quantitative estimate of drug-likeness (QED) is 0.934. The molecule has 0 bridgehead atoms. The van der Waals surface area contributed by atoms with Crippen molar-refractivity contribution in [1.82, 2.24) is 15.0 Å². The number of hydrogen-bond donors (Lipinski definition) is 1. The molecule has 94 valence electrons. The predicted octanol–water partition coefficient (Wildman–Crippen LogP) is 2.56. The number of methoxy groups -OCH3 is 1. The number of halogens is 2. The van der Waals surface area contributed by atoms with Crippen molar-refractivity contribution >= 4 is 29.2 Å². The van der Waals surface area contributed by atoms with Gasteiger partial charge >= 0.3 is 12.0 Å². The molecule has 1 aromatic heterocycles. The van der Waals surface area contributed by atoms with E-state index in [4.69, 9.17) is 38.4 Å². The molecule has 0 saturated carbocycles. The molecule has 0 unspecified atom stereocenters. The minimum absolute atomic E-state index is 0.00215. The van der Waals surface area contributed by atoms with Gasteiger partial charge in [0.25, 0.3) is 0 Å². The summed E-state index contributed by atoms with van der Waals surface area (Å²) in [6, 6.07) is 4.78. The number of nitrogens with two attached hydrogens (primary N) is 1. The van der Waals surface area contributed by atoms with Crippen molar-refractivity contribution in [2.45, 2.75) is 0 Å². The second-order valence-corrected chi connectivity index (χ2v) is 4.04. The van der Waals surface area contributed by atoms with Crippen molar-refractivity contribution in [3.05, 3.63) is 28.2 Å². The molecule has 0 aliphatic carbocycles. The summed E-state index contributed by atoms with van der Waals surface area (Å²) in [7, 11) is 1.41. The first-order chi connectivity index (χ1) is 8.56. The Labute approximate surface area is 113 Å². The Hall–Kier alpha value is -1.79. The third kappa shape index (κ3) is 3.12. The van der Waals surface area contributed by atoms with Crippen LogP contribution in [0.3, 0.4) is 0 Å². The van der Waals surface area contributed by atoms with E-state index in [9.17, 15) is 0 Å². The average Bonchev–Trinajstić information content (AvgIpc) is 2.26. The van der Waals surface area contributed by atoms with Crippen LogP contribution in [0, 0.1) is 0 Å². The second-order valence-electron chi connectivity index (χ2n) is 3.17. The van der Waals surface area contributed by atoms with Crippen LogP contribution in [0.5, 0.6) is 17.8 Å². The fourth-order valence-corrected chi connectivity index (χ4v) is 1.69. The van der Waals surface area contributed by atoms with E-state index < -0.39 is 0 Å². The fourth-order valence-electron chi connectivity index (χ4n) is 1.18. The molecule has 1 aromatic carbocycles. The number of hydrogen-bond acceptors (Lipinski definition) is 6. The molecule has 0 aliphatic rings. The van der Waals surface area contributed by atoms with Crippen molar-refractivity contribution in [2.75, 3.05) is 12.8 Å². The molecule has 2 N–H and O–H groups in total. The Balaban J connectivity index is 2.30. The largest absolute Gasteiger partial charge is 0.467 e. The summed E-state index contributed by atoms with van der Waals surface area (Å²) >= 11 is 11.7. The summed E-state index contributed by atoms with van der Waals surface area (Å²) < 4.78 is 10.2. The molecule has 0 radical (unpaired) electrons. The van der Waals surface area contributed by atoms with E-state index in [0.717, 1.165) is 0 Å². The van der Waals surface area contributed by atoms with Gasteiger partial charge < -0.3 is 15.2 Å². The standard InChI is InChI=1S/C10H8Cl2N4O2/c1-17-9-14-8(13)15-10(16-9)18-7-3-5(11)2-6(12)4-7/h2-4H,1H3,(H2,13,14,15,16). The van der Waals surface area contributed by atoms with Crippen LogP contribution in [-0.4, -0.2) is 22.1 Å². The van der Waals surface area contributed by atoms with Crippen molar-refractivity contribution in [3.8, 4) is 17.8 Å². The van der Waals surface area contributed by atoms with Crippen LogP contribution in [0.4, 0.5) is 5.95 Å². The zero-order valence-corrected chi connectivity index (χ0v) is 10.7. The Bertz CT molecular complexity index is 560. The Morgan fingerprint density at radius 2 is 1.61 bits per heavy atom. The van der Waals surface area contributed by atoms with Gasteiger partial charge in [0.2, 0.25) is 5.95 Å². The first-order valence-electron chi connectivity index (χ1n) is 4.76. The average molecular weight is 287 g/mol. The highest BCUT2D eigenvalue weighted by atomic mass is 35.5. The van der Waals surface area contributed by atoms with Gasteiger partial charge in [0.05, 0.1) is 7.11 Å². The van der Waals surface area contributed by atoms with Crippen LogP contribution in [0.2, 0.25) is 10.0 Å². The normalized spacial score (nSPS) is 10.2. The van der Waals surface area contributed by atoms with Crippen LogP contribution in [0.15, 0.2) is 18.2 Å². The zero-order valence-electron chi connectivity index (χ0n) is 9.22. The lowest BCUT2D eigenvalue weighted by molar-refractivity contribution is 0.360. The zero-order chi connectivity index (χ0) is 13.1. The predicted molar refractivity (Wildman–Crippen MR) is 67.3 cm³/mol. The van der Waals surface area contributed by atoms with E-state index in [1.54, 1.807) is 18.2 Å². The number of rotatable bonds is 3. The second kappa shape index (κ2) is 5.24. The molecule has 2 rings (SSSR count). The van der Waals surface area contributed by atoms with Gasteiger partial charge in [-0.15, -0.1) is 4.98 Å². The minimum atomic E-state index is -0.00928.